The summed E-state index contributed by atoms with van der Waals surface area (Å²) in [5.41, 5.74) is 6.60. The highest BCUT2D eigenvalue weighted by Crippen LogP contribution is 2.32. The number of nitrogens with two attached hydrogens (primary N) is 1. The fourth-order valence-electron chi connectivity index (χ4n) is 4.64. The van der Waals surface area contributed by atoms with Gasteiger partial charge in [-0.3, -0.25) is 18.7 Å². The lowest BCUT2D eigenvalue weighted by Gasteiger charge is -2.13. The molecular formula is C29H25Cl2N5O5. The van der Waals surface area contributed by atoms with Crippen LogP contribution in [0, 0.1) is 0 Å². The van der Waals surface area contributed by atoms with Crippen LogP contribution in [0.5, 0.6) is 0 Å². The van der Waals surface area contributed by atoms with E-state index >= 15 is 0 Å². The molecule has 5 aromatic rings. The average molecular weight is 594 g/mol. The van der Waals surface area contributed by atoms with Crippen LogP contribution in [0.25, 0.3) is 28.2 Å². The number of halogens is 2. The number of hydrogen-bond acceptors (Lipinski definition) is 6. The van der Waals surface area contributed by atoms with Gasteiger partial charge in [0, 0.05) is 22.7 Å². The molecule has 5 rings (SSSR count). The van der Waals surface area contributed by atoms with Crippen molar-refractivity contribution in [3.63, 3.8) is 0 Å². The van der Waals surface area contributed by atoms with E-state index < -0.39 is 29.8 Å². The van der Waals surface area contributed by atoms with Crippen LogP contribution in [0.4, 0.5) is 0 Å². The van der Waals surface area contributed by atoms with Crippen LogP contribution in [-0.2, 0) is 24.3 Å². The van der Waals surface area contributed by atoms with Gasteiger partial charge in [-0.2, -0.15) is 0 Å². The third-order valence-electron chi connectivity index (χ3n) is 6.58. The van der Waals surface area contributed by atoms with Crippen LogP contribution in [0.3, 0.4) is 0 Å². The van der Waals surface area contributed by atoms with Crippen LogP contribution < -0.4 is 17.0 Å². The number of nitrogens with zero attached hydrogens (tertiary/aromatic N) is 4. The van der Waals surface area contributed by atoms with E-state index in [0.29, 0.717) is 32.7 Å². The summed E-state index contributed by atoms with van der Waals surface area (Å²) in [6.07, 6.45) is -0.627. The number of aliphatic hydroxyl groups excluding tert-OH is 2. The fourth-order valence-corrected chi connectivity index (χ4v) is 4.99. The van der Waals surface area contributed by atoms with Crippen LogP contribution in [-0.4, -0.2) is 47.5 Å². The summed E-state index contributed by atoms with van der Waals surface area (Å²) in [5.74, 6) is -0.547. The Morgan fingerprint density at radius 1 is 0.927 bits per heavy atom. The summed E-state index contributed by atoms with van der Waals surface area (Å²) in [4.78, 5) is 44.2. The van der Waals surface area contributed by atoms with Crippen LogP contribution in [0.1, 0.15) is 11.1 Å². The number of amides is 1. The molecule has 0 unspecified atom stereocenters. The van der Waals surface area contributed by atoms with E-state index in [9.17, 15) is 19.5 Å². The van der Waals surface area contributed by atoms with E-state index in [0.717, 1.165) is 10.1 Å². The molecule has 1 atom stereocenters. The predicted octanol–water partition coefficient (Wildman–Crippen LogP) is 2.75. The minimum Gasteiger partial charge on any atom is -0.394 e. The van der Waals surface area contributed by atoms with Gasteiger partial charge in [-0.25, -0.2) is 14.3 Å². The molecule has 0 aliphatic heterocycles. The highest BCUT2D eigenvalue weighted by Gasteiger charge is 2.25. The number of fused-ring (bicyclic) bond motifs is 1. The van der Waals surface area contributed by atoms with Crippen molar-refractivity contribution in [1.29, 1.82) is 0 Å². The van der Waals surface area contributed by atoms with Crippen molar-refractivity contribution < 1.29 is 15.0 Å². The number of primary amides is 1. The lowest BCUT2D eigenvalue weighted by Crippen LogP contribution is -2.43. The first-order valence-corrected chi connectivity index (χ1v) is 13.4. The van der Waals surface area contributed by atoms with Gasteiger partial charge in [0.25, 0.3) is 5.56 Å². The molecule has 0 saturated heterocycles. The van der Waals surface area contributed by atoms with Crippen LogP contribution in [0.2, 0.25) is 10.0 Å². The summed E-state index contributed by atoms with van der Waals surface area (Å²) < 4.78 is 3.69. The predicted molar refractivity (Wildman–Crippen MR) is 157 cm³/mol. The van der Waals surface area contributed by atoms with Crippen LogP contribution >= 0.6 is 23.2 Å². The molecule has 2 heterocycles. The molecule has 0 aliphatic carbocycles. The molecule has 0 saturated carbocycles. The van der Waals surface area contributed by atoms with Gasteiger partial charge in [0.2, 0.25) is 5.91 Å². The highest BCUT2D eigenvalue weighted by atomic mass is 35.5. The molecule has 1 amide bonds. The number of hydrogen-bond donors (Lipinski definition) is 3. The van der Waals surface area contributed by atoms with Crippen molar-refractivity contribution in [2.45, 2.75) is 25.6 Å². The second-order valence-electron chi connectivity index (χ2n) is 9.48. The fraction of sp³-hybridized carbons (Fsp3) is 0.172. The molecular weight excluding hydrogens is 569 g/mol. The molecule has 3 aromatic carbocycles. The van der Waals surface area contributed by atoms with Crippen molar-refractivity contribution in [2.75, 3.05) is 6.61 Å². The van der Waals surface area contributed by atoms with Gasteiger partial charge in [0.05, 0.1) is 24.3 Å². The van der Waals surface area contributed by atoms with Gasteiger partial charge >= 0.3 is 5.69 Å². The number of aliphatic hydroxyl groups is 2. The monoisotopic (exact) mass is 593 g/mol. The summed E-state index contributed by atoms with van der Waals surface area (Å²) >= 11 is 12.7. The summed E-state index contributed by atoms with van der Waals surface area (Å²) in [6, 6.07) is 20.8. The van der Waals surface area contributed by atoms with Crippen molar-refractivity contribution in [1.82, 2.24) is 18.7 Å². The van der Waals surface area contributed by atoms with Gasteiger partial charge in [0.15, 0.2) is 11.2 Å². The minimum absolute atomic E-state index is 0.0107. The average Bonchev–Trinajstić information content (AvgIpc) is 3.35. The van der Waals surface area contributed by atoms with Gasteiger partial charge in [-0.1, -0.05) is 59.6 Å². The van der Waals surface area contributed by atoms with E-state index in [1.807, 2.05) is 0 Å². The Morgan fingerprint density at radius 3 is 2.22 bits per heavy atom. The maximum Gasteiger partial charge on any atom is 0.333 e. The number of rotatable bonds is 9. The zero-order chi connectivity index (χ0) is 29.3. The third kappa shape index (κ3) is 5.68. The Hall–Kier alpha value is -4.22. The molecule has 12 heteroatoms. The molecule has 4 N–H and O–H groups in total. The first-order valence-electron chi connectivity index (χ1n) is 12.6. The van der Waals surface area contributed by atoms with E-state index in [2.05, 4.69) is 0 Å². The second kappa shape index (κ2) is 11.7. The Balaban J connectivity index is 1.79. The van der Waals surface area contributed by atoms with E-state index in [4.69, 9.17) is 39.0 Å². The maximum atomic E-state index is 13.8. The molecule has 210 valence electrons. The largest absolute Gasteiger partial charge is 0.394 e. The zero-order valence-corrected chi connectivity index (χ0v) is 23.1. The number of carbonyl (C=O) groups excluding carboxylic acids is 1. The number of carbonyl (C=O) groups is 1. The minimum atomic E-state index is -0.888. The normalized spacial score (nSPS) is 12.1. The van der Waals surface area contributed by atoms with Crippen molar-refractivity contribution in [2.24, 2.45) is 5.73 Å². The van der Waals surface area contributed by atoms with Gasteiger partial charge in [-0.05, 0) is 47.5 Å². The zero-order valence-electron chi connectivity index (χ0n) is 21.6. The summed E-state index contributed by atoms with van der Waals surface area (Å²) in [7, 11) is 0. The number of aromatic nitrogens is 4. The molecule has 0 aliphatic rings. The van der Waals surface area contributed by atoms with E-state index in [1.54, 1.807) is 77.4 Å². The lowest BCUT2D eigenvalue weighted by molar-refractivity contribution is -0.118. The Kier molecular flexibility index (Phi) is 8.09. The smallest absolute Gasteiger partial charge is 0.333 e. The topological polar surface area (TPSA) is 145 Å². The van der Waals surface area contributed by atoms with Crippen molar-refractivity contribution >= 4 is 40.3 Å². The van der Waals surface area contributed by atoms with E-state index in [-0.39, 0.29) is 30.7 Å². The quantitative estimate of drug-likeness (QED) is 0.239. The Labute approximate surface area is 243 Å². The highest BCUT2D eigenvalue weighted by molar-refractivity contribution is 6.33. The molecule has 0 fully saturated rings. The van der Waals surface area contributed by atoms with Gasteiger partial charge < -0.3 is 15.9 Å². The number of imidazole rings is 1. The molecule has 41 heavy (non-hydrogen) atoms. The summed E-state index contributed by atoms with van der Waals surface area (Å²) in [5, 5.41) is 19.8. The SMILES string of the molecule is NC(=O)Cn1c(=O)c2c(nc(-c3ccccc3Cl)n2-c2ccc(Cl)cc2)n(Cc2ccc(C[C@H](O)CO)cc2)c1=O. The molecule has 0 radical (unpaired) electrons. The lowest BCUT2D eigenvalue weighted by atomic mass is 10.1. The van der Waals surface area contributed by atoms with Crippen molar-refractivity contribution in [3.8, 4) is 17.1 Å². The molecule has 2 aromatic heterocycles. The van der Waals surface area contributed by atoms with Crippen molar-refractivity contribution in [3.05, 3.63) is 115 Å². The summed E-state index contributed by atoms with van der Waals surface area (Å²) in [6.45, 7) is -0.976. The third-order valence-corrected chi connectivity index (χ3v) is 7.17. The first-order chi connectivity index (χ1) is 19.7. The first kappa shape index (κ1) is 28.3. The van der Waals surface area contributed by atoms with Gasteiger partial charge in [0.1, 0.15) is 12.4 Å². The Bertz CT molecular complexity index is 1860. The molecule has 10 nitrogen and oxygen atoms in total. The second-order valence-corrected chi connectivity index (χ2v) is 10.3. The van der Waals surface area contributed by atoms with Gasteiger partial charge in [-0.15, -0.1) is 0 Å². The maximum absolute atomic E-state index is 13.8. The molecule has 0 spiro atoms. The van der Waals surface area contributed by atoms with E-state index in [1.165, 1.54) is 4.57 Å². The molecule has 0 bridgehead atoms. The standard InChI is InChI=1S/C29H25Cl2N5O5/c30-19-9-11-20(12-10-19)36-25-27(33-26(36)22-3-1-2-4-23(22)31)34(29(41)35(28(25)40)15-24(32)39)14-18-7-5-17(6-8-18)13-21(38)16-37/h1-12,21,37-38H,13-16H2,(H2,32,39)/t21-/m0/s1. The van der Waals surface area contributed by atoms with Crippen LogP contribution in [0.15, 0.2) is 82.4 Å². The number of benzene rings is 3. The Morgan fingerprint density at radius 2 is 1.59 bits per heavy atom.